The number of aromatic nitrogens is 1. The largest absolute Gasteiger partial charge is 0.465 e. The van der Waals surface area contributed by atoms with E-state index in [1.165, 1.54) is 7.11 Å². The molecule has 0 aliphatic rings. The Balaban J connectivity index is 0.000000847. The Morgan fingerprint density at radius 1 is 1.18 bits per heavy atom. The molecule has 0 aliphatic heterocycles. The monoisotopic (exact) mass is 379 g/mol. The van der Waals surface area contributed by atoms with E-state index in [2.05, 4.69) is 20.9 Å². The van der Waals surface area contributed by atoms with E-state index in [0.29, 0.717) is 10.7 Å². The van der Waals surface area contributed by atoms with Gasteiger partial charge in [0.1, 0.15) is 5.15 Å². The predicted octanol–water partition coefficient (Wildman–Crippen LogP) is 5.62. The van der Waals surface area contributed by atoms with Crippen molar-refractivity contribution in [2.45, 2.75) is 13.8 Å². The fourth-order valence-electron chi connectivity index (χ4n) is 2.26. The molecule has 0 atom stereocenters. The quantitative estimate of drug-likeness (QED) is 0.312. The van der Waals surface area contributed by atoms with Crippen LogP contribution >= 0.6 is 27.5 Å². The molecule has 0 spiro atoms. The molecule has 114 valence electrons. The number of hydrogen-bond acceptors (Lipinski definition) is 3. The maximum Gasteiger partial charge on any atom is 0.337 e. The van der Waals surface area contributed by atoms with E-state index < -0.39 is 0 Å². The first kappa shape index (κ1) is 16.7. The highest BCUT2D eigenvalue weighted by molar-refractivity contribution is 9.10. The number of rotatable bonds is 1. The average molecular weight is 381 g/mol. The van der Waals surface area contributed by atoms with Crippen LogP contribution in [0.3, 0.4) is 0 Å². The van der Waals surface area contributed by atoms with Crippen molar-refractivity contribution in [3.05, 3.63) is 51.7 Å². The summed E-state index contributed by atoms with van der Waals surface area (Å²) in [6, 6.07) is 9.24. The minimum atomic E-state index is -0.361. The zero-order valence-electron chi connectivity index (χ0n) is 12.5. The van der Waals surface area contributed by atoms with Gasteiger partial charge in [-0.15, -0.1) is 0 Å². The highest BCUT2D eigenvalue weighted by Gasteiger charge is 2.12. The second kappa shape index (κ2) is 7.07. The van der Waals surface area contributed by atoms with Crippen molar-refractivity contribution in [1.29, 1.82) is 0 Å². The molecule has 1 aromatic heterocycles. The minimum absolute atomic E-state index is 0.361. The van der Waals surface area contributed by atoms with Crippen molar-refractivity contribution >= 4 is 55.0 Å². The molecule has 2 aromatic carbocycles. The van der Waals surface area contributed by atoms with E-state index in [1.807, 2.05) is 32.0 Å². The summed E-state index contributed by atoms with van der Waals surface area (Å²) in [6.07, 6.45) is 1.67. The highest BCUT2D eigenvalue weighted by Crippen LogP contribution is 2.35. The number of methoxy groups -OCH3 is 1. The number of hydrogen-bond donors (Lipinski definition) is 0. The Morgan fingerprint density at radius 3 is 2.59 bits per heavy atom. The normalized spacial score (nSPS) is 10.2. The Bertz CT molecular complexity index is 849. The average Bonchev–Trinajstić information content (AvgIpc) is 2.56. The van der Waals surface area contributed by atoms with Crippen molar-refractivity contribution in [3.63, 3.8) is 0 Å². The van der Waals surface area contributed by atoms with Crippen LogP contribution in [0.2, 0.25) is 5.15 Å². The van der Waals surface area contributed by atoms with E-state index in [0.717, 1.165) is 26.0 Å². The zero-order valence-corrected chi connectivity index (χ0v) is 14.8. The first-order valence-corrected chi connectivity index (χ1v) is 8.03. The number of esters is 1. The van der Waals surface area contributed by atoms with Gasteiger partial charge in [-0.05, 0) is 35.0 Å². The van der Waals surface area contributed by atoms with Crippen LogP contribution in [-0.4, -0.2) is 18.1 Å². The van der Waals surface area contributed by atoms with Crippen LogP contribution in [0.15, 0.2) is 41.0 Å². The Hall–Kier alpha value is -1.65. The fraction of sp³-hybridized carbons (Fsp3) is 0.176. The van der Waals surface area contributed by atoms with Gasteiger partial charge >= 0.3 is 5.97 Å². The first-order chi connectivity index (χ1) is 10.6. The fourth-order valence-corrected chi connectivity index (χ4v) is 3.10. The second-order valence-electron chi connectivity index (χ2n) is 4.31. The van der Waals surface area contributed by atoms with Gasteiger partial charge in [0, 0.05) is 21.4 Å². The summed E-state index contributed by atoms with van der Waals surface area (Å²) in [4.78, 5) is 15.7. The molecule has 0 aliphatic carbocycles. The second-order valence-corrected chi connectivity index (χ2v) is 5.52. The molecule has 5 heteroatoms. The molecule has 1 heterocycles. The lowest BCUT2D eigenvalue weighted by Gasteiger charge is -2.08. The molecule has 0 saturated carbocycles. The van der Waals surface area contributed by atoms with Gasteiger partial charge in [-0.2, -0.15) is 0 Å². The number of nitrogens with zero attached hydrogens (tertiary/aromatic N) is 1. The summed E-state index contributed by atoms with van der Waals surface area (Å²) in [5.74, 6) is -0.361. The minimum Gasteiger partial charge on any atom is -0.465 e. The van der Waals surface area contributed by atoms with E-state index in [9.17, 15) is 4.79 Å². The van der Waals surface area contributed by atoms with Gasteiger partial charge in [-0.1, -0.05) is 47.4 Å². The number of halogens is 2. The van der Waals surface area contributed by atoms with Gasteiger partial charge in [0.2, 0.25) is 0 Å². The smallest absolute Gasteiger partial charge is 0.337 e. The van der Waals surface area contributed by atoms with E-state index >= 15 is 0 Å². The van der Waals surface area contributed by atoms with Crippen molar-refractivity contribution in [2.24, 2.45) is 0 Å². The third-order valence-electron chi connectivity index (χ3n) is 3.19. The molecular formula is C17H15BrClNO2. The number of pyridine rings is 1. The topological polar surface area (TPSA) is 39.2 Å². The van der Waals surface area contributed by atoms with Crippen molar-refractivity contribution in [2.75, 3.05) is 7.11 Å². The highest BCUT2D eigenvalue weighted by atomic mass is 79.9. The molecule has 0 unspecified atom stereocenters. The van der Waals surface area contributed by atoms with Crippen LogP contribution in [0.4, 0.5) is 0 Å². The number of fused-ring (bicyclic) bond motifs is 3. The lowest BCUT2D eigenvalue weighted by molar-refractivity contribution is 0.0601. The molecular weight excluding hydrogens is 366 g/mol. The molecule has 0 bridgehead atoms. The van der Waals surface area contributed by atoms with Crippen LogP contribution in [0.25, 0.3) is 21.5 Å². The third-order valence-corrected chi connectivity index (χ3v) is 4.13. The number of benzene rings is 2. The van der Waals surface area contributed by atoms with Crippen LogP contribution in [0.1, 0.15) is 24.2 Å². The van der Waals surface area contributed by atoms with Crippen LogP contribution in [0.5, 0.6) is 0 Å². The lowest BCUT2D eigenvalue weighted by Crippen LogP contribution is -2.00. The van der Waals surface area contributed by atoms with Crippen LogP contribution < -0.4 is 0 Å². The van der Waals surface area contributed by atoms with Gasteiger partial charge in [-0.3, -0.25) is 0 Å². The van der Waals surface area contributed by atoms with E-state index in [4.69, 9.17) is 16.3 Å². The molecule has 0 fully saturated rings. The summed E-state index contributed by atoms with van der Waals surface area (Å²) in [5.41, 5.74) is 0.506. The Morgan fingerprint density at radius 2 is 1.91 bits per heavy atom. The van der Waals surface area contributed by atoms with Crippen LogP contribution in [0, 0.1) is 0 Å². The third kappa shape index (κ3) is 2.94. The van der Waals surface area contributed by atoms with Gasteiger partial charge < -0.3 is 4.74 Å². The van der Waals surface area contributed by atoms with E-state index in [-0.39, 0.29) is 5.97 Å². The molecule has 0 amide bonds. The van der Waals surface area contributed by atoms with Crippen molar-refractivity contribution in [1.82, 2.24) is 4.98 Å². The van der Waals surface area contributed by atoms with Gasteiger partial charge in [0.25, 0.3) is 0 Å². The number of ether oxygens (including phenoxy) is 1. The van der Waals surface area contributed by atoms with E-state index in [1.54, 1.807) is 18.3 Å². The lowest BCUT2D eigenvalue weighted by atomic mass is 10.0. The zero-order chi connectivity index (χ0) is 16.3. The van der Waals surface area contributed by atoms with Crippen molar-refractivity contribution < 1.29 is 9.53 Å². The molecule has 0 saturated heterocycles. The van der Waals surface area contributed by atoms with Gasteiger partial charge in [0.05, 0.1) is 12.7 Å². The molecule has 3 aromatic rings. The SMILES string of the molecule is CC.COC(=O)c1ccc2c(c1)cc(Br)c1ccnc(Cl)c12. The Labute approximate surface area is 142 Å². The maximum absolute atomic E-state index is 11.6. The summed E-state index contributed by atoms with van der Waals surface area (Å²) in [7, 11) is 1.36. The standard InChI is InChI=1S/C15H9BrClNO2.C2H6/c1-20-15(19)8-2-3-10-9(6-8)7-12(16)11-4-5-18-14(17)13(10)11;1-2/h2-7H,1H3;1-2H3. The predicted molar refractivity (Wildman–Crippen MR) is 94.6 cm³/mol. The molecule has 3 nitrogen and oxygen atoms in total. The maximum atomic E-state index is 11.6. The molecule has 22 heavy (non-hydrogen) atoms. The van der Waals surface area contributed by atoms with Crippen molar-refractivity contribution in [3.8, 4) is 0 Å². The Kier molecular flexibility index (Phi) is 5.37. The summed E-state index contributed by atoms with van der Waals surface area (Å²) in [6.45, 7) is 4.00. The summed E-state index contributed by atoms with van der Waals surface area (Å²) < 4.78 is 5.65. The summed E-state index contributed by atoms with van der Waals surface area (Å²) in [5, 5.41) is 4.16. The molecule has 3 rings (SSSR count). The number of carbonyl (C=O) groups excluding carboxylic acids is 1. The van der Waals surface area contributed by atoms with Crippen LogP contribution in [-0.2, 0) is 4.74 Å². The van der Waals surface area contributed by atoms with Gasteiger partial charge in [0.15, 0.2) is 0 Å². The van der Waals surface area contributed by atoms with Gasteiger partial charge in [-0.25, -0.2) is 9.78 Å². The number of carbonyl (C=O) groups is 1. The molecule has 0 radical (unpaired) electrons. The molecule has 0 N–H and O–H groups in total. The first-order valence-electron chi connectivity index (χ1n) is 6.86. The summed E-state index contributed by atoms with van der Waals surface area (Å²) >= 11 is 9.74.